The van der Waals surface area contributed by atoms with Gasteiger partial charge in [0.2, 0.25) is 17.7 Å². The Morgan fingerprint density at radius 3 is 2.88 bits per heavy atom. The predicted molar refractivity (Wildman–Crippen MR) is 128 cm³/mol. The first-order valence-corrected chi connectivity index (χ1v) is 11.2. The van der Waals surface area contributed by atoms with E-state index in [1.165, 1.54) is 0 Å². The van der Waals surface area contributed by atoms with Crippen LogP contribution in [-0.2, 0) is 25.4 Å². The van der Waals surface area contributed by atoms with Crippen molar-refractivity contribution >= 4 is 29.0 Å². The third kappa shape index (κ3) is 3.81. The number of aromatic nitrogens is 6. The third-order valence-corrected chi connectivity index (χ3v) is 5.97. The van der Waals surface area contributed by atoms with Gasteiger partial charge in [0, 0.05) is 26.4 Å². The highest BCUT2D eigenvalue weighted by molar-refractivity contribution is 5.93. The van der Waals surface area contributed by atoms with Crippen molar-refractivity contribution in [2.45, 2.75) is 20.4 Å². The molecule has 5 rings (SSSR count). The van der Waals surface area contributed by atoms with Crippen LogP contribution in [0.3, 0.4) is 0 Å². The standard InChI is InChI=1S/C24H27N7O3/c1-5-33-23-17-7-9-21-18-12-16(6-8-20(18)26-27-21)19-13-25-29(3)24(19)34-11-10-31(15(2)32)14-22(17)28-30(23)4/h6-9,12-13H,5,10-11,14H2,1-4H3,(H,26,27)/b9-7+. The minimum Gasteiger partial charge on any atom is -0.478 e. The van der Waals surface area contributed by atoms with Gasteiger partial charge >= 0.3 is 0 Å². The van der Waals surface area contributed by atoms with Gasteiger partial charge in [0.1, 0.15) is 6.61 Å². The Kier molecular flexibility index (Phi) is 5.56. The first-order chi connectivity index (χ1) is 16.5. The van der Waals surface area contributed by atoms with E-state index in [0.29, 0.717) is 38.1 Å². The van der Waals surface area contributed by atoms with E-state index in [4.69, 9.17) is 9.47 Å². The molecule has 10 nitrogen and oxygen atoms in total. The monoisotopic (exact) mass is 461 g/mol. The minimum absolute atomic E-state index is 0.0568. The molecule has 0 atom stereocenters. The molecule has 10 heteroatoms. The van der Waals surface area contributed by atoms with Crippen molar-refractivity contribution in [3.05, 3.63) is 41.3 Å². The van der Waals surface area contributed by atoms with E-state index < -0.39 is 0 Å². The van der Waals surface area contributed by atoms with Gasteiger partial charge < -0.3 is 14.4 Å². The van der Waals surface area contributed by atoms with E-state index in [0.717, 1.165) is 39.0 Å². The van der Waals surface area contributed by atoms with Gasteiger partial charge in [-0.05, 0) is 36.8 Å². The van der Waals surface area contributed by atoms with Crippen molar-refractivity contribution in [2.24, 2.45) is 14.1 Å². The molecule has 1 amide bonds. The van der Waals surface area contributed by atoms with Crippen molar-refractivity contribution in [3.63, 3.8) is 0 Å². The number of aryl methyl sites for hydroxylation is 2. The molecule has 0 radical (unpaired) electrons. The average molecular weight is 462 g/mol. The quantitative estimate of drug-likeness (QED) is 0.492. The van der Waals surface area contributed by atoms with Crippen LogP contribution in [0, 0.1) is 0 Å². The number of carbonyl (C=O) groups excluding carboxylic acids is 1. The number of amides is 1. The van der Waals surface area contributed by atoms with Crippen molar-refractivity contribution in [1.82, 2.24) is 34.7 Å². The molecule has 1 aliphatic heterocycles. The lowest BCUT2D eigenvalue weighted by molar-refractivity contribution is -0.129. The van der Waals surface area contributed by atoms with Crippen molar-refractivity contribution in [3.8, 4) is 22.9 Å². The highest BCUT2D eigenvalue weighted by Gasteiger charge is 2.21. The fourth-order valence-electron chi connectivity index (χ4n) is 4.24. The van der Waals surface area contributed by atoms with E-state index in [9.17, 15) is 4.79 Å². The van der Waals surface area contributed by atoms with E-state index >= 15 is 0 Å². The van der Waals surface area contributed by atoms with Crippen LogP contribution in [0.5, 0.6) is 11.8 Å². The number of hydrogen-bond donors (Lipinski definition) is 1. The Hall–Kier alpha value is -4.08. The lowest BCUT2D eigenvalue weighted by Crippen LogP contribution is -2.33. The second kappa shape index (κ2) is 8.69. The molecule has 1 aromatic carbocycles. The Morgan fingerprint density at radius 1 is 1.24 bits per heavy atom. The maximum atomic E-state index is 12.5. The highest BCUT2D eigenvalue weighted by atomic mass is 16.5. The van der Waals surface area contributed by atoms with Gasteiger partial charge in [-0.3, -0.25) is 9.89 Å². The smallest absolute Gasteiger partial charge is 0.219 e. The van der Waals surface area contributed by atoms with E-state index in [1.807, 2.05) is 45.3 Å². The highest BCUT2D eigenvalue weighted by Crippen LogP contribution is 2.33. The van der Waals surface area contributed by atoms with Crippen molar-refractivity contribution in [1.29, 1.82) is 0 Å². The van der Waals surface area contributed by atoms with E-state index in [2.05, 4.69) is 26.5 Å². The summed E-state index contributed by atoms with van der Waals surface area (Å²) < 4.78 is 15.4. The summed E-state index contributed by atoms with van der Waals surface area (Å²) in [6, 6.07) is 6.07. The number of benzene rings is 1. The second-order valence-electron chi connectivity index (χ2n) is 8.20. The summed E-state index contributed by atoms with van der Waals surface area (Å²) in [5, 5.41) is 17.6. The number of aromatic amines is 1. The molecule has 34 heavy (non-hydrogen) atoms. The predicted octanol–water partition coefficient (Wildman–Crippen LogP) is 3.01. The maximum Gasteiger partial charge on any atom is 0.219 e. The molecule has 176 valence electrons. The van der Waals surface area contributed by atoms with E-state index in [-0.39, 0.29) is 5.91 Å². The lowest BCUT2D eigenvalue weighted by Gasteiger charge is -2.21. The summed E-state index contributed by atoms with van der Waals surface area (Å²) in [5.41, 5.74) is 5.16. The molecule has 4 heterocycles. The fraction of sp³-hybridized carbons (Fsp3) is 0.333. The molecule has 0 saturated carbocycles. The second-order valence-corrected chi connectivity index (χ2v) is 8.20. The molecular formula is C24H27N7O3. The Balaban J connectivity index is 1.68. The molecule has 3 aromatic heterocycles. The maximum absolute atomic E-state index is 12.5. The lowest BCUT2D eigenvalue weighted by atomic mass is 10.1. The largest absolute Gasteiger partial charge is 0.478 e. The van der Waals surface area contributed by atoms with Gasteiger partial charge in [0.05, 0.1) is 53.9 Å². The van der Waals surface area contributed by atoms with Crippen LogP contribution < -0.4 is 9.47 Å². The summed E-state index contributed by atoms with van der Waals surface area (Å²) in [6.07, 6.45) is 5.73. The summed E-state index contributed by atoms with van der Waals surface area (Å²) in [7, 11) is 3.68. The van der Waals surface area contributed by atoms with Crippen LogP contribution in [-0.4, -0.2) is 60.3 Å². The van der Waals surface area contributed by atoms with Gasteiger partial charge in [0.25, 0.3) is 0 Å². The van der Waals surface area contributed by atoms with Crippen LogP contribution in [0.4, 0.5) is 0 Å². The number of hydrogen-bond acceptors (Lipinski definition) is 6. The Bertz CT molecular complexity index is 1400. The van der Waals surface area contributed by atoms with Gasteiger partial charge in [-0.1, -0.05) is 6.07 Å². The van der Waals surface area contributed by atoms with Crippen LogP contribution in [0.1, 0.15) is 30.8 Å². The Labute approximate surface area is 196 Å². The van der Waals surface area contributed by atoms with E-state index in [1.54, 1.807) is 27.4 Å². The SMILES string of the molecule is CCOc1c2c(nn1C)CN(C(C)=O)CCOc1c(cnn1C)-c1ccc3n[nH]c(c3c1)/C=C/2. The van der Waals surface area contributed by atoms with Crippen molar-refractivity contribution in [2.75, 3.05) is 19.8 Å². The van der Waals surface area contributed by atoms with Gasteiger partial charge in [-0.15, -0.1) is 0 Å². The molecule has 0 spiro atoms. The van der Waals surface area contributed by atoms with Gasteiger partial charge in [-0.2, -0.15) is 15.3 Å². The van der Waals surface area contributed by atoms with Gasteiger partial charge in [0.15, 0.2) is 0 Å². The van der Waals surface area contributed by atoms with Gasteiger partial charge in [-0.25, -0.2) is 9.36 Å². The molecule has 0 saturated heterocycles. The average Bonchev–Trinajstić information content (AvgIpc) is 3.47. The molecule has 0 fully saturated rings. The summed E-state index contributed by atoms with van der Waals surface area (Å²) in [5.74, 6) is 1.25. The van der Waals surface area contributed by atoms with Crippen LogP contribution >= 0.6 is 0 Å². The zero-order chi connectivity index (χ0) is 23.8. The van der Waals surface area contributed by atoms with Crippen LogP contribution in [0.25, 0.3) is 34.2 Å². The number of nitrogens with one attached hydrogen (secondary N) is 1. The molecule has 4 aromatic rings. The van der Waals surface area contributed by atoms with Crippen LogP contribution in [0.2, 0.25) is 0 Å². The number of fused-ring (bicyclic) bond motifs is 4. The number of rotatable bonds is 2. The first-order valence-electron chi connectivity index (χ1n) is 11.2. The molecule has 0 unspecified atom stereocenters. The Morgan fingerprint density at radius 2 is 2.09 bits per heavy atom. The fourth-order valence-corrected chi connectivity index (χ4v) is 4.24. The number of ether oxygens (including phenoxy) is 2. The molecular weight excluding hydrogens is 434 g/mol. The van der Waals surface area contributed by atoms with Crippen molar-refractivity contribution < 1.29 is 14.3 Å². The number of nitrogens with zero attached hydrogens (tertiary/aromatic N) is 6. The summed E-state index contributed by atoms with van der Waals surface area (Å²) in [4.78, 5) is 14.2. The zero-order valence-electron chi connectivity index (χ0n) is 19.7. The zero-order valence-corrected chi connectivity index (χ0v) is 19.7. The number of carbonyl (C=O) groups is 1. The topological polar surface area (TPSA) is 103 Å². The molecule has 2 bridgehead atoms. The van der Waals surface area contributed by atoms with Crippen LogP contribution in [0.15, 0.2) is 24.4 Å². The third-order valence-electron chi connectivity index (χ3n) is 5.97. The summed E-state index contributed by atoms with van der Waals surface area (Å²) in [6.45, 7) is 5.06. The summed E-state index contributed by atoms with van der Waals surface area (Å²) >= 11 is 0. The first kappa shape index (κ1) is 21.7. The normalized spacial score (nSPS) is 14.8. The number of H-pyrrole nitrogens is 1. The molecule has 1 aliphatic rings. The molecule has 0 aliphatic carbocycles. The minimum atomic E-state index is -0.0568. The molecule has 1 N–H and O–H groups in total.